The summed E-state index contributed by atoms with van der Waals surface area (Å²) in [5, 5.41) is 0. The van der Waals surface area contributed by atoms with Crippen molar-refractivity contribution in [1.82, 2.24) is 23.6 Å². The van der Waals surface area contributed by atoms with Crippen LogP contribution in [0.4, 0.5) is 0 Å². The van der Waals surface area contributed by atoms with Crippen molar-refractivity contribution < 1.29 is 0 Å². The largest absolute Gasteiger partial charge is 0.332 e. The molecule has 1 aliphatic rings. The van der Waals surface area contributed by atoms with Crippen LogP contribution in [0, 0.1) is 0 Å². The van der Waals surface area contributed by atoms with Crippen LogP contribution in [0.1, 0.15) is 51.9 Å². The number of hydrogen-bond acceptors (Lipinski definition) is 4. The van der Waals surface area contributed by atoms with E-state index in [1.54, 1.807) is 7.05 Å². The SMILES string of the molecule is CC(C)n1c(CN2CCCC[C@H]2C)nc2c1c(=O)n(C)c(=O)n2C. The van der Waals surface area contributed by atoms with Gasteiger partial charge in [0, 0.05) is 26.2 Å². The summed E-state index contributed by atoms with van der Waals surface area (Å²) in [6.07, 6.45) is 3.67. The molecule has 0 N–H and O–H groups in total. The summed E-state index contributed by atoms with van der Waals surface area (Å²) >= 11 is 0. The van der Waals surface area contributed by atoms with Gasteiger partial charge in [0.25, 0.3) is 5.56 Å². The zero-order valence-corrected chi connectivity index (χ0v) is 15.2. The summed E-state index contributed by atoms with van der Waals surface area (Å²) in [5.41, 5.74) is 0.400. The Bertz CT molecular complexity index is 874. The van der Waals surface area contributed by atoms with Crippen LogP contribution in [0.3, 0.4) is 0 Å². The molecule has 1 fully saturated rings. The number of hydrogen-bond donors (Lipinski definition) is 0. The van der Waals surface area contributed by atoms with Gasteiger partial charge in [-0.2, -0.15) is 0 Å². The molecule has 1 atom stereocenters. The summed E-state index contributed by atoms with van der Waals surface area (Å²) < 4.78 is 4.63. The average molecular weight is 333 g/mol. The van der Waals surface area contributed by atoms with Crippen LogP contribution in [-0.4, -0.2) is 36.2 Å². The fourth-order valence-corrected chi connectivity index (χ4v) is 3.70. The van der Waals surface area contributed by atoms with E-state index < -0.39 is 0 Å². The molecule has 24 heavy (non-hydrogen) atoms. The van der Waals surface area contributed by atoms with Gasteiger partial charge in [-0.05, 0) is 40.2 Å². The molecule has 3 rings (SSSR count). The second kappa shape index (κ2) is 6.20. The third-order valence-corrected chi connectivity index (χ3v) is 5.17. The van der Waals surface area contributed by atoms with Crippen molar-refractivity contribution in [2.24, 2.45) is 14.1 Å². The normalized spacial score (nSPS) is 19.5. The Hall–Kier alpha value is -1.89. The van der Waals surface area contributed by atoms with E-state index in [9.17, 15) is 9.59 Å². The van der Waals surface area contributed by atoms with Crippen LogP contribution >= 0.6 is 0 Å². The minimum absolute atomic E-state index is 0.107. The first kappa shape index (κ1) is 17.0. The maximum Gasteiger partial charge on any atom is 0.332 e. The smallest absolute Gasteiger partial charge is 0.318 e. The molecule has 2 aromatic rings. The van der Waals surface area contributed by atoms with E-state index in [0.29, 0.717) is 23.8 Å². The first-order chi connectivity index (χ1) is 11.3. The summed E-state index contributed by atoms with van der Waals surface area (Å²) in [4.78, 5) is 32.0. The van der Waals surface area contributed by atoms with E-state index in [4.69, 9.17) is 4.98 Å². The van der Waals surface area contributed by atoms with E-state index in [0.717, 1.165) is 16.9 Å². The van der Waals surface area contributed by atoms with Gasteiger partial charge < -0.3 is 4.57 Å². The third-order valence-electron chi connectivity index (χ3n) is 5.17. The van der Waals surface area contributed by atoms with Crippen LogP contribution in [-0.2, 0) is 20.6 Å². The van der Waals surface area contributed by atoms with Crippen LogP contribution in [0.5, 0.6) is 0 Å². The Balaban J connectivity index is 2.19. The fourth-order valence-electron chi connectivity index (χ4n) is 3.70. The number of piperidine rings is 1. The van der Waals surface area contributed by atoms with Crippen molar-refractivity contribution in [2.45, 2.75) is 58.7 Å². The predicted molar refractivity (Wildman–Crippen MR) is 94.3 cm³/mol. The van der Waals surface area contributed by atoms with Gasteiger partial charge in [-0.1, -0.05) is 6.42 Å². The number of imidazole rings is 1. The Labute approximate surface area is 141 Å². The quantitative estimate of drug-likeness (QED) is 0.851. The summed E-state index contributed by atoms with van der Waals surface area (Å²) in [6.45, 7) is 8.12. The molecule has 0 unspecified atom stereocenters. The van der Waals surface area contributed by atoms with E-state index >= 15 is 0 Å². The van der Waals surface area contributed by atoms with Gasteiger partial charge in [-0.25, -0.2) is 9.78 Å². The number of rotatable bonds is 3. The minimum atomic E-state index is -0.334. The molecule has 7 nitrogen and oxygen atoms in total. The highest BCUT2D eigenvalue weighted by molar-refractivity contribution is 5.71. The molecular weight excluding hydrogens is 306 g/mol. The molecule has 132 valence electrons. The van der Waals surface area contributed by atoms with Crippen LogP contribution in [0.25, 0.3) is 11.2 Å². The maximum absolute atomic E-state index is 12.7. The molecule has 2 aromatic heterocycles. The number of likely N-dealkylation sites (tertiary alicyclic amines) is 1. The van der Waals surface area contributed by atoms with E-state index in [-0.39, 0.29) is 17.3 Å². The lowest BCUT2D eigenvalue weighted by Crippen LogP contribution is -2.38. The lowest BCUT2D eigenvalue weighted by molar-refractivity contribution is 0.146. The van der Waals surface area contributed by atoms with Crippen molar-refractivity contribution in [3.8, 4) is 0 Å². The van der Waals surface area contributed by atoms with Gasteiger partial charge in [-0.15, -0.1) is 0 Å². The second-order valence-electron chi connectivity index (χ2n) is 7.19. The second-order valence-corrected chi connectivity index (χ2v) is 7.19. The van der Waals surface area contributed by atoms with Gasteiger partial charge in [0.15, 0.2) is 11.2 Å². The van der Waals surface area contributed by atoms with E-state index in [1.807, 2.05) is 4.57 Å². The summed E-state index contributed by atoms with van der Waals surface area (Å²) in [6, 6.07) is 0.626. The number of aryl methyl sites for hydroxylation is 1. The van der Waals surface area contributed by atoms with E-state index in [2.05, 4.69) is 25.7 Å². The molecular formula is C17H27N5O2. The van der Waals surface area contributed by atoms with Crippen molar-refractivity contribution in [3.63, 3.8) is 0 Å². The zero-order valence-electron chi connectivity index (χ0n) is 15.2. The third kappa shape index (κ3) is 2.60. The summed E-state index contributed by atoms with van der Waals surface area (Å²) in [7, 11) is 3.20. The highest BCUT2D eigenvalue weighted by Gasteiger charge is 2.24. The van der Waals surface area contributed by atoms with E-state index in [1.165, 1.54) is 30.9 Å². The fraction of sp³-hybridized carbons (Fsp3) is 0.706. The molecule has 3 heterocycles. The standard InChI is InChI=1S/C17H27N5O2/c1-11(2)22-13(10-21-9-7-6-8-12(21)3)18-15-14(22)16(23)20(5)17(24)19(15)4/h11-12H,6-10H2,1-5H3/t12-/m1/s1. The van der Waals surface area contributed by atoms with Gasteiger partial charge in [0.2, 0.25) is 0 Å². The number of aromatic nitrogens is 4. The Kier molecular flexibility index (Phi) is 4.38. The molecule has 1 aliphatic heterocycles. The first-order valence-corrected chi connectivity index (χ1v) is 8.73. The lowest BCUT2D eigenvalue weighted by atomic mass is 10.0. The van der Waals surface area contributed by atoms with Crippen molar-refractivity contribution in [3.05, 3.63) is 26.7 Å². The Morgan fingerprint density at radius 2 is 1.88 bits per heavy atom. The molecule has 1 saturated heterocycles. The molecule has 7 heteroatoms. The zero-order chi connectivity index (χ0) is 17.6. The monoisotopic (exact) mass is 333 g/mol. The van der Waals surface area contributed by atoms with Crippen LogP contribution in [0.15, 0.2) is 9.59 Å². The first-order valence-electron chi connectivity index (χ1n) is 8.73. The molecule has 0 bridgehead atoms. The molecule has 0 radical (unpaired) electrons. The maximum atomic E-state index is 12.7. The molecule has 0 aromatic carbocycles. The molecule has 0 spiro atoms. The van der Waals surface area contributed by atoms with Crippen molar-refractivity contribution in [2.75, 3.05) is 6.54 Å². The van der Waals surface area contributed by atoms with Gasteiger partial charge >= 0.3 is 5.69 Å². The number of fused-ring (bicyclic) bond motifs is 1. The highest BCUT2D eigenvalue weighted by atomic mass is 16.2. The minimum Gasteiger partial charge on any atom is -0.318 e. The molecule has 0 saturated carbocycles. The topological polar surface area (TPSA) is 65.1 Å². The van der Waals surface area contributed by atoms with Crippen molar-refractivity contribution in [1.29, 1.82) is 0 Å². The van der Waals surface area contributed by atoms with Gasteiger partial charge in [-0.3, -0.25) is 18.8 Å². The predicted octanol–water partition coefficient (Wildman–Crippen LogP) is 1.39. The molecule has 0 aliphatic carbocycles. The number of nitrogens with zero attached hydrogens (tertiary/aromatic N) is 5. The molecule has 0 amide bonds. The Morgan fingerprint density at radius 1 is 1.17 bits per heavy atom. The van der Waals surface area contributed by atoms with Gasteiger partial charge in [0.05, 0.1) is 6.54 Å². The van der Waals surface area contributed by atoms with Crippen LogP contribution < -0.4 is 11.2 Å². The van der Waals surface area contributed by atoms with Gasteiger partial charge in [0.1, 0.15) is 5.82 Å². The van der Waals surface area contributed by atoms with Crippen molar-refractivity contribution >= 4 is 11.2 Å². The average Bonchev–Trinajstić information content (AvgIpc) is 2.92. The summed E-state index contributed by atoms with van der Waals surface area (Å²) in [5.74, 6) is 0.868. The Morgan fingerprint density at radius 3 is 2.50 bits per heavy atom. The highest BCUT2D eigenvalue weighted by Crippen LogP contribution is 2.22. The lowest BCUT2D eigenvalue weighted by Gasteiger charge is -2.33. The van der Waals surface area contributed by atoms with Crippen LogP contribution in [0.2, 0.25) is 0 Å².